The first-order valence-corrected chi connectivity index (χ1v) is 5.35. The van der Waals surface area contributed by atoms with E-state index in [-0.39, 0.29) is 5.49 Å². The molecule has 0 heterocycles. The number of hydrogen-bond donors (Lipinski definition) is 1. The fraction of sp³-hybridized carbons (Fsp3) is 1.00. The molecule has 0 aromatic carbocycles. The maximum atomic E-state index is 9.64. The molecule has 1 atom stereocenters. The smallest absolute Gasteiger partial charge is 0.111 e. The Morgan fingerprint density at radius 2 is 2.14 bits per heavy atom. The fourth-order valence-corrected chi connectivity index (χ4v) is 2.13. The van der Waals surface area contributed by atoms with E-state index in [9.17, 15) is 13.0 Å². The van der Waals surface area contributed by atoms with Crippen LogP contribution in [0.4, 0.5) is 0 Å². The second-order valence-electron chi connectivity index (χ2n) is 0.757. The molecular formula is CH4O3PS2-. The summed E-state index contributed by atoms with van der Waals surface area (Å²) in [4.78, 5) is 0. The molecule has 0 fully saturated rings. The summed E-state index contributed by atoms with van der Waals surface area (Å²) in [5, 5.41) is 0. The number of rotatable bonds is 2. The van der Waals surface area contributed by atoms with E-state index in [1.165, 1.54) is 0 Å². The molecule has 0 aromatic rings. The molecular weight excluding hydrogens is 155 g/mol. The topological polar surface area (TPSA) is 57.2 Å². The van der Waals surface area contributed by atoms with Crippen LogP contribution in [0.3, 0.4) is 0 Å². The third-order valence-corrected chi connectivity index (χ3v) is 3.33. The highest BCUT2D eigenvalue weighted by Crippen LogP contribution is 2.17. The van der Waals surface area contributed by atoms with Crippen molar-refractivity contribution >= 4 is 30.1 Å². The Labute approximate surface area is 49.2 Å². The van der Waals surface area contributed by atoms with Crippen LogP contribution in [0.2, 0.25) is 0 Å². The fourth-order valence-electron chi connectivity index (χ4n) is 0.0791. The van der Waals surface area contributed by atoms with Crippen molar-refractivity contribution in [3.63, 3.8) is 0 Å². The van der Waals surface area contributed by atoms with Gasteiger partial charge in [0, 0.05) is 13.3 Å². The maximum Gasteiger partial charge on any atom is 0.111 e. The monoisotopic (exact) mass is 159 g/mol. The van der Waals surface area contributed by atoms with Crippen LogP contribution >= 0.6 is 20.4 Å². The highest BCUT2D eigenvalue weighted by molar-refractivity contribution is 8.42. The van der Waals surface area contributed by atoms with Crippen LogP contribution in [0.25, 0.3) is 0 Å². The van der Waals surface area contributed by atoms with E-state index in [1.54, 1.807) is 0 Å². The van der Waals surface area contributed by atoms with Gasteiger partial charge in [0.15, 0.2) is 0 Å². The molecule has 1 unspecified atom stereocenters. The van der Waals surface area contributed by atoms with Crippen LogP contribution in [0.15, 0.2) is 0 Å². The Bertz CT molecular complexity index is 126. The van der Waals surface area contributed by atoms with Crippen molar-refractivity contribution in [2.24, 2.45) is 0 Å². The second-order valence-corrected chi connectivity index (χ2v) is 5.58. The van der Waals surface area contributed by atoms with E-state index in [4.69, 9.17) is 0 Å². The molecule has 0 radical (unpaired) electrons. The van der Waals surface area contributed by atoms with Crippen molar-refractivity contribution in [1.29, 1.82) is 0 Å². The van der Waals surface area contributed by atoms with Gasteiger partial charge in [-0.3, -0.25) is 0 Å². The SMILES string of the molecule is O=S(=O)([O-])PCS. The van der Waals surface area contributed by atoms with Crippen LogP contribution < -0.4 is 0 Å². The number of hydrogen-bond acceptors (Lipinski definition) is 4. The van der Waals surface area contributed by atoms with Gasteiger partial charge in [0.25, 0.3) is 0 Å². The molecule has 0 spiro atoms. The van der Waals surface area contributed by atoms with E-state index in [1.807, 2.05) is 0 Å². The first kappa shape index (κ1) is 7.69. The summed E-state index contributed by atoms with van der Waals surface area (Å²) in [6, 6.07) is 0. The molecule has 0 saturated heterocycles. The van der Waals surface area contributed by atoms with Gasteiger partial charge in [0.1, 0.15) is 9.74 Å². The highest BCUT2D eigenvalue weighted by atomic mass is 32.8. The van der Waals surface area contributed by atoms with Crippen LogP contribution in [-0.4, -0.2) is 18.5 Å². The van der Waals surface area contributed by atoms with Crippen LogP contribution in [0.1, 0.15) is 0 Å². The quantitative estimate of drug-likeness (QED) is 0.351. The average molecular weight is 159 g/mol. The minimum Gasteiger partial charge on any atom is -0.745 e. The van der Waals surface area contributed by atoms with E-state index in [0.29, 0.717) is 0 Å². The lowest BCUT2D eigenvalue weighted by Crippen LogP contribution is -1.85. The average Bonchev–Trinajstić information content (AvgIpc) is 1.30. The third-order valence-electron chi connectivity index (χ3n) is 0.241. The van der Waals surface area contributed by atoms with Gasteiger partial charge in [-0.05, 0) is 0 Å². The normalized spacial score (nSPS) is 13.4. The molecule has 0 N–H and O–H groups in total. The largest absolute Gasteiger partial charge is 0.745 e. The minimum atomic E-state index is -3.97. The molecule has 0 aliphatic heterocycles. The molecule has 0 amide bonds. The first-order chi connectivity index (χ1) is 3.06. The van der Waals surface area contributed by atoms with E-state index in [0.717, 1.165) is 0 Å². The zero-order chi connectivity index (χ0) is 5.91. The van der Waals surface area contributed by atoms with E-state index < -0.39 is 17.5 Å². The summed E-state index contributed by atoms with van der Waals surface area (Å²) >= 11 is 3.55. The summed E-state index contributed by atoms with van der Waals surface area (Å²) in [6.45, 7) is 0. The molecule has 44 valence electrons. The predicted molar refractivity (Wildman–Crippen MR) is 31.9 cm³/mol. The van der Waals surface area contributed by atoms with Gasteiger partial charge < -0.3 is 4.55 Å². The van der Waals surface area contributed by atoms with E-state index >= 15 is 0 Å². The highest BCUT2D eigenvalue weighted by Gasteiger charge is 1.86. The van der Waals surface area contributed by atoms with Gasteiger partial charge in [-0.25, -0.2) is 8.42 Å². The molecule has 0 rings (SSSR count). The van der Waals surface area contributed by atoms with Crippen molar-refractivity contribution in [3.05, 3.63) is 0 Å². The van der Waals surface area contributed by atoms with Gasteiger partial charge in [-0.15, -0.1) is 0 Å². The minimum absolute atomic E-state index is 0.131. The maximum absolute atomic E-state index is 9.64. The van der Waals surface area contributed by atoms with Gasteiger partial charge in [0.05, 0.1) is 0 Å². The first-order valence-electron chi connectivity index (χ1n) is 1.37. The van der Waals surface area contributed by atoms with Crippen molar-refractivity contribution in [2.75, 3.05) is 5.49 Å². The summed E-state index contributed by atoms with van der Waals surface area (Å²) in [7, 11) is -4.57. The standard InChI is InChI=1S/CH5O3PS2/c2-7(3,4)5-1-6/h5-6H,1H2,(H,2,3,4)/p-1. The zero-order valence-electron chi connectivity index (χ0n) is 3.29. The lowest BCUT2D eigenvalue weighted by molar-refractivity contribution is 0.482. The predicted octanol–water partition coefficient (Wildman–Crippen LogP) is 0.0124. The van der Waals surface area contributed by atoms with E-state index in [2.05, 4.69) is 12.6 Å². The molecule has 6 heteroatoms. The Morgan fingerprint density at radius 3 is 2.14 bits per heavy atom. The summed E-state index contributed by atoms with van der Waals surface area (Å²) in [5.41, 5.74) is 0.131. The summed E-state index contributed by atoms with van der Waals surface area (Å²) in [6.07, 6.45) is 0. The summed E-state index contributed by atoms with van der Waals surface area (Å²) < 4.78 is 28.9. The van der Waals surface area contributed by atoms with Crippen LogP contribution in [0, 0.1) is 0 Å². The Kier molecular flexibility index (Phi) is 3.15. The molecule has 0 saturated carbocycles. The van der Waals surface area contributed by atoms with Gasteiger partial charge in [0.2, 0.25) is 0 Å². The van der Waals surface area contributed by atoms with Gasteiger partial charge in [-0.1, -0.05) is 0 Å². The van der Waals surface area contributed by atoms with Crippen LogP contribution in [-0.2, 0) is 9.74 Å². The van der Waals surface area contributed by atoms with Crippen molar-refractivity contribution in [1.82, 2.24) is 0 Å². The summed E-state index contributed by atoms with van der Waals surface area (Å²) in [5.74, 6) is 0. The van der Waals surface area contributed by atoms with Crippen molar-refractivity contribution < 1.29 is 13.0 Å². The Hall–Kier alpha value is 0.690. The lowest BCUT2D eigenvalue weighted by atomic mass is 11.9. The third kappa shape index (κ3) is 6.69. The molecule has 7 heavy (non-hydrogen) atoms. The molecule has 0 aliphatic rings. The second kappa shape index (κ2) is 2.87. The van der Waals surface area contributed by atoms with Crippen molar-refractivity contribution in [3.8, 4) is 0 Å². The molecule has 0 aliphatic carbocycles. The van der Waals surface area contributed by atoms with Crippen LogP contribution in [0.5, 0.6) is 0 Å². The zero-order valence-corrected chi connectivity index (χ0v) is 6.00. The Balaban J connectivity index is 3.60. The molecule has 0 aromatic heterocycles. The number of thiol groups is 1. The Morgan fingerprint density at radius 1 is 1.71 bits per heavy atom. The van der Waals surface area contributed by atoms with Gasteiger partial charge in [-0.2, -0.15) is 12.6 Å². The molecule has 0 bridgehead atoms. The van der Waals surface area contributed by atoms with Gasteiger partial charge >= 0.3 is 0 Å². The lowest BCUT2D eigenvalue weighted by Gasteiger charge is -2.00. The molecule has 3 nitrogen and oxygen atoms in total. The van der Waals surface area contributed by atoms with Crippen molar-refractivity contribution in [2.45, 2.75) is 0 Å².